The summed E-state index contributed by atoms with van der Waals surface area (Å²) in [5.41, 5.74) is 0.411. The van der Waals surface area contributed by atoms with Crippen LogP contribution in [-0.4, -0.2) is 48.3 Å². The van der Waals surface area contributed by atoms with E-state index in [1.54, 1.807) is 0 Å². The Labute approximate surface area is 164 Å². The summed E-state index contributed by atoms with van der Waals surface area (Å²) >= 11 is 0. The molecule has 3 atom stereocenters. The number of ether oxygens (including phenoxy) is 1. The molecule has 2 amide bonds. The van der Waals surface area contributed by atoms with Crippen molar-refractivity contribution in [2.24, 2.45) is 5.92 Å². The Kier molecular flexibility index (Phi) is 7.39. The summed E-state index contributed by atoms with van der Waals surface area (Å²) in [4.78, 5) is 24.4. The van der Waals surface area contributed by atoms with Gasteiger partial charge in [0.25, 0.3) is 5.91 Å². The SMILES string of the molecule is O=C(NCC[C@H]1CC[C@H](NC(=O)C2CCCC2)[C@@H](CO)O1)c1ccc(F)cc1. The summed E-state index contributed by atoms with van der Waals surface area (Å²) in [7, 11) is 0. The van der Waals surface area contributed by atoms with Gasteiger partial charge in [-0.3, -0.25) is 9.59 Å². The van der Waals surface area contributed by atoms with E-state index >= 15 is 0 Å². The van der Waals surface area contributed by atoms with Gasteiger partial charge in [0.05, 0.1) is 18.8 Å². The fourth-order valence-corrected chi connectivity index (χ4v) is 4.05. The molecular formula is C21H29FN2O4. The van der Waals surface area contributed by atoms with Crippen LogP contribution in [0.4, 0.5) is 4.39 Å². The molecule has 1 aliphatic heterocycles. The summed E-state index contributed by atoms with van der Waals surface area (Å²) in [6.07, 6.45) is 5.73. The second-order valence-electron chi connectivity index (χ2n) is 7.70. The predicted molar refractivity (Wildman–Crippen MR) is 102 cm³/mol. The molecule has 2 fully saturated rings. The van der Waals surface area contributed by atoms with E-state index in [0.717, 1.165) is 38.5 Å². The quantitative estimate of drug-likeness (QED) is 0.664. The van der Waals surface area contributed by atoms with Gasteiger partial charge in [0, 0.05) is 18.0 Å². The zero-order chi connectivity index (χ0) is 19.9. The number of hydrogen-bond donors (Lipinski definition) is 3. The maximum atomic E-state index is 12.9. The molecule has 0 radical (unpaired) electrons. The molecule has 3 N–H and O–H groups in total. The second-order valence-corrected chi connectivity index (χ2v) is 7.70. The molecule has 1 aromatic rings. The van der Waals surface area contributed by atoms with Crippen molar-refractivity contribution in [3.63, 3.8) is 0 Å². The highest BCUT2D eigenvalue weighted by Gasteiger charge is 2.33. The number of carbonyl (C=O) groups excluding carboxylic acids is 2. The van der Waals surface area contributed by atoms with Crippen molar-refractivity contribution >= 4 is 11.8 Å². The molecule has 0 bridgehead atoms. The molecule has 1 saturated carbocycles. The first-order valence-electron chi connectivity index (χ1n) is 10.2. The molecule has 0 aromatic heterocycles. The lowest BCUT2D eigenvalue weighted by Crippen LogP contribution is -2.52. The Balaban J connectivity index is 1.41. The maximum absolute atomic E-state index is 12.9. The van der Waals surface area contributed by atoms with Gasteiger partial charge >= 0.3 is 0 Å². The second kappa shape index (κ2) is 9.98. The monoisotopic (exact) mass is 392 g/mol. The number of halogens is 1. The van der Waals surface area contributed by atoms with Crippen LogP contribution in [0.2, 0.25) is 0 Å². The zero-order valence-corrected chi connectivity index (χ0v) is 16.0. The van der Waals surface area contributed by atoms with Crippen LogP contribution in [0.25, 0.3) is 0 Å². The van der Waals surface area contributed by atoms with Gasteiger partial charge in [0.1, 0.15) is 11.9 Å². The number of amides is 2. The Bertz CT molecular complexity index is 661. The van der Waals surface area contributed by atoms with Crippen molar-refractivity contribution in [2.75, 3.05) is 13.2 Å². The van der Waals surface area contributed by atoms with Crippen molar-refractivity contribution in [1.82, 2.24) is 10.6 Å². The van der Waals surface area contributed by atoms with Gasteiger partial charge in [0.15, 0.2) is 0 Å². The van der Waals surface area contributed by atoms with Crippen molar-refractivity contribution in [3.05, 3.63) is 35.6 Å². The number of carbonyl (C=O) groups is 2. The Morgan fingerprint density at radius 3 is 2.50 bits per heavy atom. The molecule has 1 aliphatic carbocycles. The van der Waals surface area contributed by atoms with E-state index in [-0.39, 0.29) is 42.3 Å². The molecular weight excluding hydrogens is 363 g/mol. The standard InChI is InChI=1S/C21H29FN2O4/c22-16-7-5-15(6-8-16)20(26)23-12-11-17-9-10-18(19(13-25)28-17)24-21(27)14-3-1-2-4-14/h5-8,14,17-19,25H,1-4,9-13H2,(H,23,26)(H,24,27)/t17-,18+,19-/m1/s1. The van der Waals surface area contributed by atoms with E-state index in [1.807, 2.05) is 0 Å². The van der Waals surface area contributed by atoms with Gasteiger partial charge in [-0.2, -0.15) is 0 Å². The summed E-state index contributed by atoms with van der Waals surface area (Å²) in [5.74, 6) is -0.457. The molecule has 0 unspecified atom stereocenters. The lowest BCUT2D eigenvalue weighted by atomic mass is 9.96. The normalized spacial score (nSPS) is 25.4. The lowest BCUT2D eigenvalue weighted by Gasteiger charge is -2.36. The van der Waals surface area contributed by atoms with E-state index in [0.29, 0.717) is 18.5 Å². The van der Waals surface area contributed by atoms with E-state index in [4.69, 9.17) is 4.74 Å². The van der Waals surface area contributed by atoms with Gasteiger partial charge in [-0.05, 0) is 56.4 Å². The Morgan fingerprint density at radius 1 is 1.11 bits per heavy atom. The first-order valence-corrected chi connectivity index (χ1v) is 10.2. The van der Waals surface area contributed by atoms with Gasteiger partial charge in [-0.25, -0.2) is 4.39 Å². The number of aliphatic hydroxyl groups excluding tert-OH is 1. The molecule has 1 aromatic carbocycles. The minimum atomic E-state index is -0.420. The average molecular weight is 392 g/mol. The number of aliphatic hydroxyl groups is 1. The van der Waals surface area contributed by atoms with Gasteiger partial charge in [0.2, 0.25) is 5.91 Å². The van der Waals surface area contributed by atoms with Crippen LogP contribution in [0.3, 0.4) is 0 Å². The highest BCUT2D eigenvalue weighted by atomic mass is 19.1. The van der Waals surface area contributed by atoms with Gasteiger partial charge in [-0.1, -0.05) is 12.8 Å². The van der Waals surface area contributed by atoms with Gasteiger partial charge < -0.3 is 20.5 Å². The lowest BCUT2D eigenvalue weighted by molar-refractivity contribution is -0.131. The van der Waals surface area contributed by atoms with E-state index in [9.17, 15) is 19.1 Å². The van der Waals surface area contributed by atoms with Crippen LogP contribution in [0.1, 0.15) is 55.3 Å². The average Bonchev–Trinajstić information content (AvgIpc) is 3.24. The third-order valence-corrected chi connectivity index (χ3v) is 5.71. The summed E-state index contributed by atoms with van der Waals surface area (Å²) < 4.78 is 18.9. The van der Waals surface area contributed by atoms with E-state index in [1.165, 1.54) is 24.3 Å². The molecule has 1 saturated heterocycles. The first kappa shape index (κ1) is 20.7. The van der Waals surface area contributed by atoms with Crippen LogP contribution in [0, 0.1) is 11.7 Å². The van der Waals surface area contributed by atoms with Crippen LogP contribution < -0.4 is 10.6 Å². The largest absolute Gasteiger partial charge is 0.394 e. The summed E-state index contributed by atoms with van der Waals surface area (Å²) in [6.45, 7) is 0.284. The van der Waals surface area contributed by atoms with Crippen molar-refractivity contribution in [3.8, 4) is 0 Å². The summed E-state index contributed by atoms with van der Waals surface area (Å²) in [6, 6.07) is 5.24. The summed E-state index contributed by atoms with van der Waals surface area (Å²) in [5, 5.41) is 15.5. The Morgan fingerprint density at radius 2 is 1.82 bits per heavy atom. The van der Waals surface area contributed by atoms with E-state index < -0.39 is 6.10 Å². The van der Waals surface area contributed by atoms with Crippen LogP contribution in [0.15, 0.2) is 24.3 Å². The molecule has 0 spiro atoms. The third-order valence-electron chi connectivity index (χ3n) is 5.71. The molecule has 154 valence electrons. The van der Waals surface area contributed by atoms with E-state index in [2.05, 4.69) is 10.6 Å². The van der Waals surface area contributed by atoms with Crippen molar-refractivity contribution in [2.45, 2.75) is 63.2 Å². The molecule has 28 heavy (non-hydrogen) atoms. The molecule has 2 aliphatic rings. The molecule has 7 heteroatoms. The smallest absolute Gasteiger partial charge is 0.251 e. The number of nitrogens with one attached hydrogen (secondary N) is 2. The highest BCUT2D eigenvalue weighted by molar-refractivity contribution is 5.94. The number of rotatable bonds is 7. The number of hydrogen-bond acceptors (Lipinski definition) is 4. The minimum absolute atomic E-state index is 0.0783. The molecule has 6 nitrogen and oxygen atoms in total. The molecule has 3 rings (SSSR count). The predicted octanol–water partition coefficient (Wildman–Crippen LogP) is 2.16. The minimum Gasteiger partial charge on any atom is -0.394 e. The van der Waals surface area contributed by atoms with Crippen LogP contribution >= 0.6 is 0 Å². The maximum Gasteiger partial charge on any atom is 0.251 e. The Hall–Kier alpha value is -1.99. The highest BCUT2D eigenvalue weighted by Crippen LogP contribution is 2.26. The van der Waals surface area contributed by atoms with Crippen molar-refractivity contribution in [1.29, 1.82) is 0 Å². The molecule has 1 heterocycles. The van der Waals surface area contributed by atoms with Gasteiger partial charge in [-0.15, -0.1) is 0 Å². The first-order chi connectivity index (χ1) is 13.6. The fourth-order valence-electron chi connectivity index (χ4n) is 4.05. The number of benzene rings is 1. The van der Waals surface area contributed by atoms with Crippen molar-refractivity contribution < 1.29 is 23.8 Å². The van der Waals surface area contributed by atoms with Crippen LogP contribution in [0.5, 0.6) is 0 Å². The zero-order valence-electron chi connectivity index (χ0n) is 16.0. The topological polar surface area (TPSA) is 87.7 Å². The van der Waals surface area contributed by atoms with Crippen LogP contribution in [-0.2, 0) is 9.53 Å². The fraction of sp³-hybridized carbons (Fsp3) is 0.619. The third kappa shape index (κ3) is 5.52.